The minimum Gasteiger partial charge on any atom is -0.489 e. The average molecular weight is 359 g/mol. The molecule has 0 aliphatic carbocycles. The maximum Gasteiger partial charge on any atom is 0.167 e. The Kier molecular flexibility index (Phi) is 5.14. The summed E-state index contributed by atoms with van der Waals surface area (Å²) in [5.74, 6) is 1.98. The van der Waals surface area contributed by atoms with Crippen molar-refractivity contribution in [3.8, 4) is 22.8 Å². The van der Waals surface area contributed by atoms with Crippen molar-refractivity contribution in [1.82, 2.24) is 5.16 Å². The predicted molar refractivity (Wildman–Crippen MR) is 97.9 cm³/mol. The molecule has 0 radical (unpaired) electrons. The topological polar surface area (TPSA) is 70.5 Å². The largest absolute Gasteiger partial charge is 0.489 e. The molecule has 0 aliphatic heterocycles. The zero-order chi connectivity index (χ0) is 17.8. The van der Waals surface area contributed by atoms with E-state index >= 15 is 0 Å². The van der Waals surface area contributed by atoms with Gasteiger partial charge in [-0.3, -0.25) is 0 Å². The molecule has 2 N–H and O–H groups in total. The van der Waals surface area contributed by atoms with Crippen LogP contribution in [-0.4, -0.2) is 11.3 Å². The lowest BCUT2D eigenvalue weighted by molar-refractivity contribution is 0.242. The number of halogens is 1. The lowest BCUT2D eigenvalue weighted by Crippen LogP contribution is -2.05. The Hall–Kier alpha value is -2.66. The molecule has 0 spiro atoms. The van der Waals surface area contributed by atoms with Crippen LogP contribution in [0.5, 0.6) is 11.5 Å². The number of nitrogen functional groups attached to an aromatic ring is 1. The lowest BCUT2D eigenvalue weighted by Gasteiger charge is -2.11. The number of benzene rings is 2. The smallest absolute Gasteiger partial charge is 0.167 e. The van der Waals surface area contributed by atoms with Gasteiger partial charge in [-0.2, -0.15) is 0 Å². The Bertz CT molecular complexity index is 844. The third-order valence-corrected chi connectivity index (χ3v) is 3.70. The Morgan fingerprint density at radius 1 is 1.12 bits per heavy atom. The van der Waals surface area contributed by atoms with Gasteiger partial charge in [-0.1, -0.05) is 16.8 Å². The minimum atomic E-state index is 0.0608. The van der Waals surface area contributed by atoms with Crippen LogP contribution in [0.2, 0.25) is 5.02 Å². The number of rotatable bonds is 6. The van der Waals surface area contributed by atoms with Crippen molar-refractivity contribution >= 4 is 17.3 Å². The molecule has 0 amide bonds. The number of aromatic nitrogens is 1. The van der Waals surface area contributed by atoms with Crippen LogP contribution >= 0.6 is 11.6 Å². The van der Waals surface area contributed by atoms with Crippen LogP contribution in [0.1, 0.15) is 19.5 Å². The molecule has 1 heterocycles. The summed E-state index contributed by atoms with van der Waals surface area (Å²) in [6, 6.07) is 14.5. The highest BCUT2D eigenvalue weighted by molar-refractivity contribution is 6.32. The summed E-state index contributed by atoms with van der Waals surface area (Å²) in [7, 11) is 0. The molecule has 0 saturated carbocycles. The lowest BCUT2D eigenvalue weighted by atomic mass is 10.1. The van der Waals surface area contributed by atoms with Crippen LogP contribution in [0, 0.1) is 0 Å². The number of nitrogens with zero attached hydrogens (tertiary/aromatic N) is 1. The molecule has 0 bridgehead atoms. The van der Waals surface area contributed by atoms with Crippen LogP contribution in [0.3, 0.4) is 0 Å². The number of ether oxygens (including phenoxy) is 2. The van der Waals surface area contributed by atoms with Crippen molar-refractivity contribution < 1.29 is 14.0 Å². The molecule has 0 unspecified atom stereocenters. The van der Waals surface area contributed by atoms with E-state index in [0.717, 1.165) is 11.3 Å². The van der Waals surface area contributed by atoms with E-state index in [1.54, 1.807) is 18.2 Å². The van der Waals surface area contributed by atoms with Gasteiger partial charge >= 0.3 is 0 Å². The summed E-state index contributed by atoms with van der Waals surface area (Å²) in [4.78, 5) is 0. The van der Waals surface area contributed by atoms with E-state index in [4.69, 9.17) is 31.3 Å². The molecule has 0 saturated heterocycles. The van der Waals surface area contributed by atoms with Gasteiger partial charge in [0.15, 0.2) is 5.76 Å². The summed E-state index contributed by atoms with van der Waals surface area (Å²) in [6.07, 6.45) is 0.0608. The van der Waals surface area contributed by atoms with E-state index in [1.807, 2.05) is 44.2 Å². The normalized spacial score (nSPS) is 10.9. The summed E-state index contributed by atoms with van der Waals surface area (Å²) < 4.78 is 16.7. The van der Waals surface area contributed by atoms with Crippen molar-refractivity contribution in [2.75, 3.05) is 5.73 Å². The van der Waals surface area contributed by atoms with E-state index in [-0.39, 0.29) is 6.10 Å². The fourth-order valence-electron chi connectivity index (χ4n) is 2.24. The predicted octanol–water partition coefficient (Wildman–Crippen LogP) is 4.94. The Morgan fingerprint density at radius 3 is 2.56 bits per heavy atom. The number of nitrogens with two attached hydrogens (primary N) is 1. The Balaban J connectivity index is 1.68. The van der Waals surface area contributed by atoms with E-state index in [1.165, 1.54) is 0 Å². The maximum atomic E-state index is 6.26. The van der Waals surface area contributed by atoms with E-state index < -0.39 is 0 Å². The molecule has 25 heavy (non-hydrogen) atoms. The second kappa shape index (κ2) is 7.49. The molecular formula is C19H19ClN2O3. The summed E-state index contributed by atoms with van der Waals surface area (Å²) in [5.41, 5.74) is 7.85. The van der Waals surface area contributed by atoms with Gasteiger partial charge < -0.3 is 19.7 Å². The zero-order valence-electron chi connectivity index (χ0n) is 14.0. The maximum absolute atomic E-state index is 6.26. The van der Waals surface area contributed by atoms with Crippen LogP contribution in [0.4, 0.5) is 5.69 Å². The van der Waals surface area contributed by atoms with E-state index in [0.29, 0.717) is 34.5 Å². The summed E-state index contributed by atoms with van der Waals surface area (Å²) >= 11 is 6.26. The van der Waals surface area contributed by atoms with Crippen molar-refractivity contribution in [1.29, 1.82) is 0 Å². The van der Waals surface area contributed by atoms with Crippen LogP contribution in [-0.2, 0) is 6.61 Å². The van der Waals surface area contributed by atoms with E-state index in [2.05, 4.69) is 5.16 Å². The molecule has 3 aromatic rings. The molecule has 3 rings (SSSR count). The average Bonchev–Trinajstić information content (AvgIpc) is 3.05. The van der Waals surface area contributed by atoms with Gasteiger partial charge in [-0.15, -0.1) is 0 Å². The van der Waals surface area contributed by atoms with Gasteiger partial charge in [0.25, 0.3) is 0 Å². The SMILES string of the molecule is CC(C)Oc1ccc(-c2cc(COc3ccc(N)cc3)no2)cc1Cl. The quantitative estimate of drug-likeness (QED) is 0.632. The molecule has 0 atom stereocenters. The third kappa shape index (κ3) is 4.45. The Labute approximate surface area is 151 Å². The monoisotopic (exact) mass is 358 g/mol. The standard InChI is InChI=1S/C19H19ClN2O3/c1-12(2)24-18-8-3-13(9-17(18)20)19-10-15(22-25-19)11-23-16-6-4-14(21)5-7-16/h3-10,12H,11,21H2,1-2H3. The first-order valence-electron chi connectivity index (χ1n) is 7.92. The highest BCUT2D eigenvalue weighted by Gasteiger charge is 2.11. The number of hydrogen-bond acceptors (Lipinski definition) is 5. The van der Waals surface area contributed by atoms with Gasteiger partial charge in [0.2, 0.25) is 0 Å². The second-order valence-electron chi connectivity index (χ2n) is 5.85. The van der Waals surface area contributed by atoms with Gasteiger partial charge in [0.1, 0.15) is 23.8 Å². The van der Waals surface area contributed by atoms with Crippen molar-refractivity contribution in [2.45, 2.75) is 26.6 Å². The molecule has 6 heteroatoms. The molecule has 0 fully saturated rings. The first-order valence-corrected chi connectivity index (χ1v) is 8.29. The van der Waals surface area contributed by atoms with Gasteiger partial charge in [-0.05, 0) is 56.3 Å². The first kappa shape index (κ1) is 17.2. The van der Waals surface area contributed by atoms with Gasteiger partial charge in [0.05, 0.1) is 11.1 Å². The van der Waals surface area contributed by atoms with Gasteiger partial charge in [-0.25, -0.2) is 0 Å². The minimum absolute atomic E-state index is 0.0608. The van der Waals surface area contributed by atoms with Gasteiger partial charge in [0, 0.05) is 17.3 Å². The summed E-state index contributed by atoms with van der Waals surface area (Å²) in [5, 5.41) is 4.56. The van der Waals surface area contributed by atoms with Crippen LogP contribution in [0.15, 0.2) is 53.1 Å². The molecular weight excluding hydrogens is 340 g/mol. The Morgan fingerprint density at radius 2 is 1.88 bits per heavy atom. The molecule has 5 nitrogen and oxygen atoms in total. The molecule has 0 aliphatic rings. The van der Waals surface area contributed by atoms with E-state index in [9.17, 15) is 0 Å². The third-order valence-electron chi connectivity index (χ3n) is 3.40. The molecule has 1 aromatic heterocycles. The molecule has 130 valence electrons. The summed E-state index contributed by atoms with van der Waals surface area (Å²) in [6.45, 7) is 4.21. The fraction of sp³-hybridized carbons (Fsp3) is 0.211. The number of anilines is 1. The van der Waals surface area contributed by atoms with Crippen LogP contribution < -0.4 is 15.2 Å². The highest BCUT2D eigenvalue weighted by atomic mass is 35.5. The van der Waals surface area contributed by atoms with Crippen LogP contribution in [0.25, 0.3) is 11.3 Å². The first-order chi connectivity index (χ1) is 12.0. The fourth-order valence-corrected chi connectivity index (χ4v) is 2.47. The molecule has 2 aromatic carbocycles. The van der Waals surface area contributed by atoms with Crippen molar-refractivity contribution in [3.05, 3.63) is 59.2 Å². The highest BCUT2D eigenvalue weighted by Crippen LogP contribution is 2.31. The second-order valence-corrected chi connectivity index (χ2v) is 6.26. The number of hydrogen-bond donors (Lipinski definition) is 1. The zero-order valence-corrected chi connectivity index (χ0v) is 14.8. The van der Waals surface area contributed by atoms with Crippen molar-refractivity contribution in [2.24, 2.45) is 0 Å². The van der Waals surface area contributed by atoms with Crippen molar-refractivity contribution in [3.63, 3.8) is 0 Å².